The fraction of sp³-hybridized carbons (Fsp3) is 0.280. The molecule has 3 aromatic rings. The monoisotopic (exact) mass is 499 g/mol. The molecule has 1 amide bonds. The Morgan fingerprint density at radius 3 is 2.56 bits per heavy atom. The molecule has 9 heteroatoms. The van der Waals surface area contributed by atoms with Crippen LogP contribution >= 0.6 is 23.2 Å². The molecule has 2 aromatic carbocycles. The third-order valence-electron chi connectivity index (χ3n) is 5.91. The van der Waals surface area contributed by atoms with Gasteiger partial charge in [0, 0.05) is 35.6 Å². The summed E-state index contributed by atoms with van der Waals surface area (Å²) in [6.07, 6.45) is 1.41. The molecule has 0 unspecified atom stereocenters. The van der Waals surface area contributed by atoms with Crippen LogP contribution in [0.5, 0.6) is 5.75 Å². The lowest BCUT2D eigenvalue weighted by atomic mass is 10.1. The number of hydrogen-bond acceptors (Lipinski definition) is 5. The van der Waals surface area contributed by atoms with E-state index < -0.39 is 5.91 Å². The van der Waals surface area contributed by atoms with Gasteiger partial charge in [0.2, 0.25) is 0 Å². The van der Waals surface area contributed by atoms with Gasteiger partial charge in [-0.05, 0) is 55.2 Å². The maximum Gasteiger partial charge on any atom is 0.316 e. The first-order valence-electron chi connectivity index (χ1n) is 11.0. The van der Waals surface area contributed by atoms with Crippen LogP contribution in [0.3, 0.4) is 0 Å². The summed E-state index contributed by atoms with van der Waals surface area (Å²) in [5.74, 6) is -0.00971. The molecular weight excluding hydrogens is 477 g/mol. The van der Waals surface area contributed by atoms with Crippen LogP contribution in [0.25, 0.3) is 0 Å². The molecule has 0 saturated heterocycles. The van der Waals surface area contributed by atoms with Crippen molar-refractivity contribution in [3.8, 4) is 5.75 Å². The number of nitrogens with zero attached hydrogens (tertiary/aromatic N) is 3. The van der Waals surface area contributed by atoms with Gasteiger partial charge >= 0.3 is 5.91 Å². The van der Waals surface area contributed by atoms with Crippen LogP contribution in [0, 0.1) is 4.91 Å². The number of aromatic nitrogens is 1. The van der Waals surface area contributed by atoms with Gasteiger partial charge in [-0.3, -0.25) is 9.59 Å². The minimum atomic E-state index is -0.815. The first-order chi connectivity index (χ1) is 16.4. The smallest absolute Gasteiger partial charge is 0.316 e. The summed E-state index contributed by atoms with van der Waals surface area (Å²) < 4.78 is 7.27. The lowest BCUT2D eigenvalue weighted by Gasteiger charge is -2.24. The highest BCUT2D eigenvalue weighted by Gasteiger charge is 2.23. The van der Waals surface area contributed by atoms with E-state index in [4.69, 9.17) is 27.9 Å². The summed E-state index contributed by atoms with van der Waals surface area (Å²) >= 11 is 12.7. The Morgan fingerprint density at radius 1 is 1.09 bits per heavy atom. The molecule has 0 atom stereocenters. The second-order valence-electron chi connectivity index (χ2n) is 7.98. The normalized spacial score (nSPS) is 12.5. The molecule has 0 N–H and O–H groups in total. The molecule has 176 valence electrons. The van der Waals surface area contributed by atoms with Gasteiger partial charge in [-0.15, -0.1) is 4.91 Å². The number of pyridine rings is 1. The zero-order valence-corrected chi connectivity index (χ0v) is 20.1. The molecule has 2 heterocycles. The van der Waals surface area contributed by atoms with Crippen LogP contribution in [0.1, 0.15) is 34.1 Å². The number of benzene rings is 2. The highest BCUT2D eigenvalue weighted by molar-refractivity contribution is 6.34. The molecule has 1 aliphatic heterocycles. The number of aryl methyl sites for hydroxylation is 1. The topological polar surface area (TPSA) is 81.0 Å². The van der Waals surface area contributed by atoms with E-state index in [1.807, 2.05) is 19.1 Å². The molecule has 0 bridgehead atoms. The van der Waals surface area contributed by atoms with Crippen molar-refractivity contribution in [3.05, 3.63) is 96.2 Å². The van der Waals surface area contributed by atoms with Crippen LogP contribution in [-0.4, -0.2) is 23.6 Å². The van der Waals surface area contributed by atoms with Gasteiger partial charge in [0.25, 0.3) is 5.56 Å². The number of anilines is 1. The van der Waals surface area contributed by atoms with Gasteiger partial charge in [0.1, 0.15) is 10.8 Å². The van der Waals surface area contributed by atoms with Gasteiger partial charge in [-0.25, -0.2) is 0 Å². The molecule has 0 radical (unpaired) electrons. The average molecular weight is 500 g/mol. The minimum absolute atomic E-state index is 0.0622. The number of fused-ring (bicyclic) bond motifs is 1. The average Bonchev–Trinajstić information content (AvgIpc) is 3.24. The van der Waals surface area contributed by atoms with Gasteiger partial charge in [-0.1, -0.05) is 41.4 Å². The summed E-state index contributed by atoms with van der Waals surface area (Å²) in [4.78, 5) is 37.0. The molecule has 4 rings (SSSR count). The third-order valence-corrected chi connectivity index (χ3v) is 6.51. The van der Waals surface area contributed by atoms with Crippen molar-refractivity contribution in [1.29, 1.82) is 0 Å². The van der Waals surface area contributed by atoms with Gasteiger partial charge < -0.3 is 14.2 Å². The van der Waals surface area contributed by atoms with Crippen LogP contribution in [0.15, 0.2) is 58.5 Å². The van der Waals surface area contributed by atoms with Crippen LogP contribution in [0.2, 0.25) is 10.0 Å². The summed E-state index contributed by atoms with van der Waals surface area (Å²) in [5, 5.41) is 2.92. The highest BCUT2D eigenvalue weighted by atomic mass is 35.5. The van der Waals surface area contributed by atoms with Crippen molar-refractivity contribution in [1.82, 2.24) is 4.57 Å². The number of hydrogen-bond donors (Lipinski definition) is 0. The van der Waals surface area contributed by atoms with Crippen molar-refractivity contribution in [2.24, 2.45) is 5.18 Å². The predicted octanol–water partition coefficient (Wildman–Crippen LogP) is 5.27. The molecule has 0 aliphatic carbocycles. The number of carbonyl (C=O) groups excluding carboxylic acids is 1. The first-order valence-corrected chi connectivity index (χ1v) is 11.7. The standard InChI is InChI=1S/C25H23Cl2N3O4/c1-2-34-19-8-7-17-10-11-29(22(17)13-19)15-23-20(26)14-21(27)25(32)30(23)12-9-16-3-5-18(6-4-16)24(31)28-33/h3-8,13-14H,2,9-12,15H2,1H3. The quantitative estimate of drug-likeness (QED) is 0.394. The fourth-order valence-electron chi connectivity index (χ4n) is 4.17. The van der Waals surface area contributed by atoms with E-state index in [1.54, 1.807) is 28.8 Å². The number of ether oxygens (including phenoxy) is 1. The van der Waals surface area contributed by atoms with Gasteiger partial charge in [0.05, 0.1) is 23.9 Å². The zero-order valence-electron chi connectivity index (χ0n) is 18.6. The Balaban J connectivity index is 1.60. The summed E-state index contributed by atoms with van der Waals surface area (Å²) in [7, 11) is 0. The highest BCUT2D eigenvalue weighted by Crippen LogP contribution is 2.34. The van der Waals surface area contributed by atoms with E-state index >= 15 is 0 Å². The zero-order chi connectivity index (χ0) is 24.2. The largest absolute Gasteiger partial charge is 0.494 e. The maximum atomic E-state index is 12.9. The number of rotatable bonds is 8. The van der Waals surface area contributed by atoms with Gasteiger partial charge in [0.15, 0.2) is 0 Å². The lowest BCUT2D eigenvalue weighted by molar-refractivity contribution is 0.100. The number of amides is 1. The minimum Gasteiger partial charge on any atom is -0.494 e. The number of halogens is 2. The lowest BCUT2D eigenvalue weighted by Crippen LogP contribution is -2.30. The summed E-state index contributed by atoms with van der Waals surface area (Å²) in [6.45, 7) is 4.14. The van der Waals surface area contributed by atoms with E-state index in [1.165, 1.54) is 11.6 Å². The van der Waals surface area contributed by atoms with Crippen molar-refractivity contribution in [3.63, 3.8) is 0 Å². The SMILES string of the molecule is CCOc1ccc2c(c1)N(Cc1c(Cl)cc(Cl)c(=O)n1CCc1ccc(C(=O)N=O)cc1)CC2. The van der Waals surface area contributed by atoms with Crippen LogP contribution in [-0.2, 0) is 25.9 Å². The fourth-order valence-corrected chi connectivity index (χ4v) is 4.71. The van der Waals surface area contributed by atoms with Crippen molar-refractivity contribution in [2.75, 3.05) is 18.1 Å². The first kappa shape index (κ1) is 24.0. The Morgan fingerprint density at radius 2 is 1.85 bits per heavy atom. The Hall–Kier alpha value is -3.16. The molecule has 1 aromatic heterocycles. The maximum absolute atomic E-state index is 12.9. The van der Waals surface area contributed by atoms with E-state index in [0.29, 0.717) is 36.8 Å². The van der Waals surface area contributed by atoms with E-state index in [9.17, 15) is 14.5 Å². The predicted molar refractivity (Wildman–Crippen MR) is 133 cm³/mol. The second-order valence-corrected chi connectivity index (χ2v) is 8.80. The Labute approximate surface area is 206 Å². The van der Waals surface area contributed by atoms with Crippen molar-refractivity contribution >= 4 is 34.8 Å². The molecule has 1 aliphatic rings. The number of carbonyl (C=O) groups is 1. The molecule has 0 saturated carbocycles. The van der Waals surface area contributed by atoms with E-state index in [2.05, 4.69) is 16.1 Å². The summed E-state index contributed by atoms with van der Waals surface area (Å²) in [6, 6.07) is 14.1. The Kier molecular flexibility index (Phi) is 7.34. The van der Waals surface area contributed by atoms with Crippen LogP contribution in [0.4, 0.5) is 5.69 Å². The Bertz CT molecular complexity index is 1290. The third kappa shape index (κ3) is 5.00. The van der Waals surface area contributed by atoms with Crippen molar-refractivity contribution in [2.45, 2.75) is 32.9 Å². The molecule has 0 spiro atoms. The van der Waals surface area contributed by atoms with Crippen LogP contribution < -0.4 is 15.2 Å². The van der Waals surface area contributed by atoms with Gasteiger partial charge in [-0.2, -0.15) is 0 Å². The van der Waals surface area contributed by atoms with Crippen molar-refractivity contribution < 1.29 is 9.53 Å². The molecule has 0 fully saturated rings. The van der Waals surface area contributed by atoms with E-state index in [-0.39, 0.29) is 16.1 Å². The molecular formula is C25H23Cl2N3O4. The van der Waals surface area contributed by atoms with E-state index in [0.717, 1.165) is 30.0 Å². The molecule has 7 nitrogen and oxygen atoms in total. The number of nitroso groups, excluding NO2 is 1. The summed E-state index contributed by atoms with van der Waals surface area (Å²) in [5.41, 5.74) is 3.79. The molecule has 34 heavy (non-hydrogen) atoms. The second kappa shape index (κ2) is 10.4.